The van der Waals surface area contributed by atoms with E-state index in [9.17, 15) is 24.6 Å². The lowest BCUT2D eigenvalue weighted by Crippen LogP contribution is -2.74. The summed E-state index contributed by atoms with van der Waals surface area (Å²) in [7, 11) is 0. The fraction of sp³-hybridized carbons (Fsp3) is 0.607. The van der Waals surface area contributed by atoms with E-state index < -0.39 is 46.1 Å². The van der Waals surface area contributed by atoms with Gasteiger partial charge in [-0.25, -0.2) is 0 Å². The number of carbonyl (C=O) groups excluding carboxylic acids is 3. The van der Waals surface area contributed by atoms with Gasteiger partial charge >= 0.3 is 5.97 Å². The Labute approximate surface area is 242 Å². The summed E-state index contributed by atoms with van der Waals surface area (Å²) in [6.07, 6.45) is 13.2. The highest BCUT2D eigenvalue weighted by Crippen LogP contribution is 2.59. The molecular formula is C28H36N2O8S2. The highest BCUT2D eigenvalue weighted by Gasteiger charge is 2.72. The zero-order chi connectivity index (χ0) is 28.7. The molecule has 40 heavy (non-hydrogen) atoms. The molecule has 0 saturated carbocycles. The molecule has 12 heteroatoms. The lowest BCUT2D eigenvalue weighted by molar-refractivity contribution is -0.170. The van der Waals surface area contributed by atoms with Gasteiger partial charge in [0.25, 0.3) is 11.8 Å². The van der Waals surface area contributed by atoms with Crippen LogP contribution in [0.25, 0.3) is 0 Å². The minimum atomic E-state index is -1.32. The van der Waals surface area contributed by atoms with Gasteiger partial charge in [0.2, 0.25) is 0 Å². The second kappa shape index (κ2) is 11.5. The van der Waals surface area contributed by atoms with E-state index in [1.165, 1.54) is 54.6 Å². The third-order valence-electron chi connectivity index (χ3n) is 8.35. The number of esters is 1. The van der Waals surface area contributed by atoms with E-state index >= 15 is 0 Å². The Hall–Kier alpha value is -2.41. The molecule has 0 aliphatic carbocycles. The molecule has 0 bridgehead atoms. The normalized spacial score (nSPS) is 34.8. The number of rotatable bonds is 9. The molecule has 0 radical (unpaired) electrons. The van der Waals surface area contributed by atoms with Crippen LogP contribution in [0.1, 0.15) is 51.9 Å². The molecule has 0 unspecified atom stereocenters. The van der Waals surface area contributed by atoms with Crippen molar-refractivity contribution in [2.45, 2.75) is 92.0 Å². The van der Waals surface area contributed by atoms with Crippen LogP contribution in [0, 0.1) is 0 Å². The largest absolute Gasteiger partial charge is 0.473 e. The van der Waals surface area contributed by atoms with E-state index in [2.05, 4.69) is 6.92 Å². The Kier molecular flexibility index (Phi) is 8.34. The van der Waals surface area contributed by atoms with Crippen LogP contribution in [0.2, 0.25) is 0 Å². The van der Waals surface area contributed by atoms with Gasteiger partial charge in [0, 0.05) is 12.8 Å². The first kappa shape index (κ1) is 29.1. The number of unbranched alkanes of at least 4 members (excludes halogenated alkanes) is 2. The quantitative estimate of drug-likeness (QED) is 0.305. The summed E-state index contributed by atoms with van der Waals surface area (Å²) in [5, 5.41) is 21.3. The van der Waals surface area contributed by atoms with Crippen LogP contribution < -0.4 is 0 Å². The smallest absolute Gasteiger partial charge is 0.309 e. The maximum atomic E-state index is 14.7. The number of carbonyl (C=O) groups is 3. The van der Waals surface area contributed by atoms with E-state index in [4.69, 9.17) is 14.2 Å². The predicted molar refractivity (Wildman–Crippen MR) is 150 cm³/mol. The zero-order valence-corrected chi connectivity index (χ0v) is 24.5. The summed E-state index contributed by atoms with van der Waals surface area (Å²) in [5.74, 6) is -1.19. The second-order valence-corrected chi connectivity index (χ2v) is 12.9. The molecule has 0 spiro atoms. The first-order valence-corrected chi connectivity index (χ1v) is 16.0. The van der Waals surface area contributed by atoms with Crippen molar-refractivity contribution in [3.63, 3.8) is 0 Å². The molecule has 3 fully saturated rings. The predicted octanol–water partition coefficient (Wildman–Crippen LogP) is 2.78. The standard InChI is InChI=1S/C28H36N2O8S2/c1-4-5-6-7-19(31)12-22(33)38-21-9-11-37-16-18-14-28(40-3)25(34)29-23-17(15-36-10-8-20(23)32)13-27(29,39-2)26(35)30(28)24(18)21/h8-11,15-16,19-21,23-24,31-32H,4-7,12-14H2,1-3H3/t19-,20-,21-,23-,24-,27+,28+/m0/s1. The average molecular weight is 593 g/mol. The van der Waals surface area contributed by atoms with Gasteiger partial charge in [-0.1, -0.05) is 26.2 Å². The summed E-state index contributed by atoms with van der Waals surface area (Å²) < 4.78 is 16.9. The molecule has 0 aromatic heterocycles. The minimum Gasteiger partial charge on any atom is -0.473 e. The second-order valence-electron chi connectivity index (χ2n) is 10.7. The van der Waals surface area contributed by atoms with Gasteiger partial charge in [0.05, 0.1) is 55.8 Å². The third-order valence-corrected chi connectivity index (χ3v) is 10.7. The van der Waals surface area contributed by atoms with Gasteiger partial charge in [-0.15, -0.1) is 23.5 Å². The van der Waals surface area contributed by atoms with Crippen molar-refractivity contribution in [3.05, 3.63) is 48.3 Å². The number of aliphatic hydroxyl groups is 2. The number of ether oxygens (including phenoxy) is 3. The molecule has 5 rings (SSSR count). The summed E-state index contributed by atoms with van der Waals surface area (Å²) >= 11 is 2.50. The molecule has 3 saturated heterocycles. The van der Waals surface area contributed by atoms with Crippen molar-refractivity contribution >= 4 is 41.3 Å². The van der Waals surface area contributed by atoms with Gasteiger partial charge in [0.1, 0.15) is 6.10 Å². The van der Waals surface area contributed by atoms with Crippen LogP contribution in [0.15, 0.2) is 48.3 Å². The minimum absolute atomic E-state index is 0.162. The summed E-state index contributed by atoms with van der Waals surface area (Å²) in [6, 6.07) is -1.51. The van der Waals surface area contributed by atoms with Gasteiger partial charge < -0.3 is 34.2 Å². The SMILES string of the molecule is CCCCC[C@H](O)CC(=O)O[C@H]1C=COC=C2C[C@@]3(SC)C(=O)N4[C@H]5C(=COC=C[C@@H]5O)C[C@@]4(SC)C(=O)N3[C@@H]21. The molecule has 218 valence electrons. The number of thioether (sulfide) groups is 2. The number of aliphatic hydroxyl groups excluding tert-OH is 2. The van der Waals surface area contributed by atoms with Crippen molar-refractivity contribution in [2.75, 3.05) is 12.5 Å². The Bertz CT molecular complexity index is 1170. The van der Waals surface area contributed by atoms with E-state index in [1.807, 2.05) is 0 Å². The Morgan fingerprint density at radius 3 is 2.20 bits per heavy atom. The molecule has 2 amide bonds. The molecule has 0 aromatic rings. The van der Waals surface area contributed by atoms with Gasteiger partial charge in [-0.05, 0) is 42.2 Å². The molecule has 10 nitrogen and oxygen atoms in total. The number of fused-ring (bicyclic) bond motifs is 6. The van der Waals surface area contributed by atoms with E-state index in [1.54, 1.807) is 28.4 Å². The van der Waals surface area contributed by atoms with Crippen LogP contribution in [0.4, 0.5) is 0 Å². The summed E-state index contributed by atoms with van der Waals surface area (Å²) in [6.45, 7) is 2.07. The average Bonchev–Trinajstić information content (AvgIpc) is 3.32. The van der Waals surface area contributed by atoms with Crippen molar-refractivity contribution in [2.24, 2.45) is 0 Å². The lowest BCUT2D eigenvalue weighted by atomic mass is 10.0. The molecule has 5 aliphatic rings. The Morgan fingerprint density at radius 1 is 1.02 bits per heavy atom. The van der Waals surface area contributed by atoms with E-state index in [0.717, 1.165) is 19.3 Å². The molecule has 2 N–H and O–H groups in total. The summed E-state index contributed by atoms with van der Waals surface area (Å²) in [5.41, 5.74) is 1.31. The third kappa shape index (κ3) is 4.56. The first-order chi connectivity index (χ1) is 19.2. The zero-order valence-electron chi connectivity index (χ0n) is 22.9. The number of amides is 2. The highest BCUT2D eigenvalue weighted by molar-refractivity contribution is 8.01. The topological polar surface area (TPSA) is 126 Å². The molecule has 5 heterocycles. The molecule has 0 aromatic carbocycles. The van der Waals surface area contributed by atoms with Crippen LogP contribution in [-0.2, 0) is 28.6 Å². The fourth-order valence-corrected chi connectivity index (χ4v) is 8.39. The van der Waals surface area contributed by atoms with Gasteiger partial charge in [-0.3, -0.25) is 14.4 Å². The van der Waals surface area contributed by atoms with Crippen LogP contribution in [-0.4, -0.2) is 90.4 Å². The number of nitrogens with zero attached hydrogens (tertiary/aromatic N) is 2. The van der Waals surface area contributed by atoms with E-state index in [0.29, 0.717) is 17.6 Å². The van der Waals surface area contributed by atoms with Crippen molar-refractivity contribution in [1.29, 1.82) is 0 Å². The lowest BCUT2D eigenvalue weighted by Gasteiger charge is -2.54. The van der Waals surface area contributed by atoms with Crippen molar-refractivity contribution in [3.8, 4) is 0 Å². The molecule has 7 atom stereocenters. The number of piperazine rings is 1. The monoisotopic (exact) mass is 592 g/mol. The number of hydrogen-bond acceptors (Lipinski definition) is 10. The highest BCUT2D eigenvalue weighted by atomic mass is 32.2. The first-order valence-electron chi connectivity index (χ1n) is 13.6. The Morgan fingerprint density at radius 2 is 1.60 bits per heavy atom. The summed E-state index contributed by atoms with van der Waals surface area (Å²) in [4.78, 5) is 42.6. The van der Waals surface area contributed by atoms with Crippen molar-refractivity contribution < 1.29 is 38.8 Å². The van der Waals surface area contributed by atoms with Gasteiger partial charge in [-0.2, -0.15) is 0 Å². The van der Waals surface area contributed by atoms with Crippen molar-refractivity contribution in [1.82, 2.24) is 9.80 Å². The van der Waals surface area contributed by atoms with Gasteiger partial charge in [0.15, 0.2) is 9.74 Å². The van der Waals surface area contributed by atoms with Crippen LogP contribution in [0.3, 0.4) is 0 Å². The molecule has 5 aliphatic heterocycles. The fourth-order valence-electron chi connectivity index (χ4n) is 6.44. The maximum absolute atomic E-state index is 14.7. The number of hydrogen-bond donors (Lipinski definition) is 2. The van der Waals surface area contributed by atoms with E-state index in [-0.39, 0.29) is 31.1 Å². The maximum Gasteiger partial charge on any atom is 0.309 e. The van der Waals surface area contributed by atoms with Crippen LogP contribution >= 0.6 is 23.5 Å². The Balaban J connectivity index is 1.49. The molecular weight excluding hydrogens is 556 g/mol. The van der Waals surface area contributed by atoms with Crippen LogP contribution in [0.5, 0.6) is 0 Å².